The van der Waals surface area contributed by atoms with Gasteiger partial charge in [0.05, 0.1) is 5.75 Å². The minimum Gasteiger partial charge on any atom is -0.361 e. The van der Waals surface area contributed by atoms with Crippen molar-refractivity contribution in [1.82, 2.24) is 14.5 Å². The van der Waals surface area contributed by atoms with Crippen molar-refractivity contribution in [3.05, 3.63) is 42.9 Å². The van der Waals surface area contributed by atoms with Crippen LogP contribution in [0.1, 0.15) is 0 Å². The number of fused-ring (bicyclic) bond motifs is 1. The van der Waals surface area contributed by atoms with Gasteiger partial charge in [-0.25, -0.2) is 4.98 Å². The van der Waals surface area contributed by atoms with E-state index in [2.05, 4.69) is 15.3 Å². The van der Waals surface area contributed by atoms with E-state index in [1.54, 1.807) is 6.20 Å². The molecule has 2 aromatic heterocycles. The van der Waals surface area contributed by atoms with Gasteiger partial charge >= 0.3 is 0 Å². The first-order chi connectivity index (χ1) is 9.72. The SMILES string of the molecule is Cn1ccnc1SCC(=O)Nc1ccc2cc[nH]c2c1. The van der Waals surface area contributed by atoms with Crippen LogP contribution < -0.4 is 5.32 Å². The Bertz CT molecular complexity index is 746. The Morgan fingerprint density at radius 3 is 3.15 bits per heavy atom. The van der Waals surface area contributed by atoms with Crippen LogP contribution in [-0.2, 0) is 11.8 Å². The van der Waals surface area contributed by atoms with Crippen LogP contribution in [0.4, 0.5) is 5.69 Å². The molecule has 0 saturated heterocycles. The minimum atomic E-state index is -0.0380. The lowest BCUT2D eigenvalue weighted by atomic mass is 10.2. The van der Waals surface area contributed by atoms with Gasteiger partial charge in [-0.3, -0.25) is 4.79 Å². The number of hydrogen-bond donors (Lipinski definition) is 2. The van der Waals surface area contributed by atoms with Gasteiger partial charge in [0.15, 0.2) is 5.16 Å². The summed E-state index contributed by atoms with van der Waals surface area (Å²) in [7, 11) is 1.91. The predicted octanol–water partition coefficient (Wildman–Crippen LogP) is 2.63. The Balaban J connectivity index is 1.62. The molecule has 5 nitrogen and oxygen atoms in total. The maximum Gasteiger partial charge on any atom is 0.234 e. The van der Waals surface area contributed by atoms with E-state index >= 15 is 0 Å². The van der Waals surface area contributed by atoms with Crippen molar-refractivity contribution in [1.29, 1.82) is 0 Å². The lowest BCUT2D eigenvalue weighted by Crippen LogP contribution is -2.14. The van der Waals surface area contributed by atoms with E-state index in [0.29, 0.717) is 5.75 Å². The number of amides is 1. The molecule has 0 aliphatic rings. The molecule has 6 heteroatoms. The van der Waals surface area contributed by atoms with Crippen LogP contribution in [0.3, 0.4) is 0 Å². The van der Waals surface area contributed by atoms with Gasteiger partial charge in [-0.1, -0.05) is 17.8 Å². The molecule has 0 unspecified atom stereocenters. The molecule has 2 heterocycles. The monoisotopic (exact) mass is 286 g/mol. The number of nitrogens with one attached hydrogen (secondary N) is 2. The summed E-state index contributed by atoms with van der Waals surface area (Å²) in [5.41, 5.74) is 1.81. The van der Waals surface area contributed by atoms with E-state index in [4.69, 9.17) is 0 Å². The van der Waals surface area contributed by atoms with E-state index in [9.17, 15) is 4.79 Å². The standard InChI is InChI=1S/C14H14N4OS/c1-18-7-6-16-14(18)20-9-13(19)17-11-3-2-10-4-5-15-12(10)8-11/h2-8,15H,9H2,1H3,(H,17,19). The molecule has 0 aliphatic heterocycles. The molecule has 0 saturated carbocycles. The normalized spacial score (nSPS) is 10.8. The lowest BCUT2D eigenvalue weighted by molar-refractivity contribution is -0.113. The fourth-order valence-electron chi connectivity index (χ4n) is 1.94. The van der Waals surface area contributed by atoms with Gasteiger partial charge in [0, 0.05) is 36.8 Å². The predicted molar refractivity (Wildman–Crippen MR) is 80.9 cm³/mol. The van der Waals surface area contributed by atoms with Gasteiger partial charge in [0.2, 0.25) is 5.91 Å². The summed E-state index contributed by atoms with van der Waals surface area (Å²) in [6.07, 6.45) is 5.46. The third-order valence-electron chi connectivity index (χ3n) is 2.95. The second-order valence-corrected chi connectivity index (χ2v) is 5.38. The highest BCUT2D eigenvalue weighted by Gasteiger charge is 2.07. The maximum atomic E-state index is 11.9. The number of H-pyrrole nitrogens is 1. The number of aryl methyl sites for hydroxylation is 1. The van der Waals surface area contributed by atoms with Crippen molar-refractivity contribution in [2.45, 2.75) is 5.16 Å². The van der Waals surface area contributed by atoms with Crippen molar-refractivity contribution >= 4 is 34.3 Å². The zero-order chi connectivity index (χ0) is 13.9. The van der Waals surface area contributed by atoms with Crippen LogP contribution in [0.5, 0.6) is 0 Å². The molecule has 0 spiro atoms. The Kier molecular flexibility index (Phi) is 3.47. The molecule has 0 fully saturated rings. The number of rotatable bonds is 4. The van der Waals surface area contributed by atoms with E-state index in [1.165, 1.54) is 11.8 Å². The van der Waals surface area contributed by atoms with Crippen molar-refractivity contribution in [2.75, 3.05) is 11.1 Å². The fraction of sp³-hybridized carbons (Fsp3) is 0.143. The molecule has 3 rings (SSSR count). The Labute approximate surface area is 120 Å². The van der Waals surface area contributed by atoms with Crippen molar-refractivity contribution in [3.8, 4) is 0 Å². The molecule has 0 atom stereocenters. The molecule has 2 N–H and O–H groups in total. The van der Waals surface area contributed by atoms with E-state index in [1.807, 2.05) is 48.3 Å². The first-order valence-electron chi connectivity index (χ1n) is 6.19. The number of imidazole rings is 1. The summed E-state index contributed by atoms with van der Waals surface area (Å²) >= 11 is 1.42. The van der Waals surface area contributed by atoms with Gasteiger partial charge < -0.3 is 14.9 Å². The molecule has 20 heavy (non-hydrogen) atoms. The fourth-order valence-corrected chi connectivity index (χ4v) is 2.68. The van der Waals surface area contributed by atoms with Gasteiger partial charge in [-0.15, -0.1) is 0 Å². The smallest absolute Gasteiger partial charge is 0.234 e. The number of hydrogen-bond acceptors (Lipinski definition) is 3. The van der Waals surface area contributed by atoms with Gasteiger partial charge in [0.1, 0.15) is 0 Å². The molecule has 3 aromatic rings. The second kappa shape index (κ2) is 5.42. The van der Waals surface area contributed by atoms with Crippen LogP contribution in [0, 0.1) is 0 Å². The average molecular weight is 286 g/mol. The van der Waals surface area contributed by atoms with Crippen LogP contribution in [0.25, 0.3) is 10.9 Å². The third-order valence-corrected chi connectivity index (χ3v) is 4.01. The highest BCUT2D eigenvalue weighted by molar-refractivity contribution is 7.99. The van der Waals surface area contributed by atoms with Crippen LogP contribution >= 0.6 is 11.8 Å². The highest BCUT2D eigenvalue weighted by Crippen LogP contribution is 2.19. The Morgan fingerprint density at radius 2 is 2.35 bits per heavy atom. The first-order valence-corrected chi connectivity index (χ1v) is 7.18. The summed E-state index contributed by atoms with van der Waals surface area (Å²) < 4.78 is 1.89. The van der Waals surface area contributed by atoms with Crippen LogP contribution in [-0.4, -0.2) is 26.2 Å². The van der Waals surface area contributed by atoms with Gasteiger partial charge in [0.25, 0.3) is 0 Å². The number of benzene rings is 1. The van der Waals surface area contributed by atoms with Crippen molar-refractivity contribution in [3.63, 3.8) is 0 Å². The summed E-state index contributed by atoms with van der Waals surface area (Å²) in [5, 5.41) is 4.85. The summed E-state index contributed by atoms with van der Waals surface area (Å²) in [6.45, 7) is 0. The van der Waals surface area contributed by atoms with E-state index in [-0.39, 0.29) is 5.91 Å². The van der Waals surface area contributed by atoms with E-state index < -0.39 is 0 Å². The molecule has 102 valence electrons. The minimum absolute atomic E-state index is 0.0380. The summed E-state index contributed by atoms with van der Waals surface area (Å²) in [5.74, 6) is 0.303. The Morgan fingerprint density at radius 1 is 1.45 bits per heavy atom. The topological polar surface area (TPSA) is 62.7 Å². The molecular formula is C14H14N4OS. The second-order valence-electron chi connectivity index (χ2n) is 4.44. The number of anilines is 1. The van der Waals surface area contributed by atoms with Crippen LogP contribution in [0.15, 0.2) is 48.0 Å². The molecule has 0 aliphatic carbocycles. The van der Waals surface area contributed by atoms with Crippen molar-refractivity contribution in [2.24, 2.45) is 7.05 Å². The number of carbonyl (C=O) groups is 1. The third kappa shape index (κ3) is 2.70. The number of aromatic amines is 1. The zero-order valence-corrected chi connectivity index (χ0v) is 11.8. The lowest BCUT2D eigenvalue weighted by Gasteiger charge is -2.05. The van der Waals surface area contributed by atoms with Gasteiger partial charge in [-0.05, 0) is 23.6 Å². The largest absolute Gasteiger partial charge is 0.361 e. The summed E-state index contributed by atoms with van der Waals surface area (Å²) in [6, 6.07) is 7.81. The molecular weight excluding hydrogens is 272 g/mol. The first kappa shape index (κ1) is 12.8. The number of thioether (sulfide) groups is 1. The van der Waals surface area contributed by atoms with E-state index in [0.717, 1.165) is 21.7 Å². The highest BCUT2D eigenvalue weighted by atomic mass is 32.2. The number of nitrogens with zero attached hydrogens (tertiary/aromatic N) is 2. The Hall–Kier alpha value is -2.21. The number of carbonyl (C=O) groups excluding carboxylic acids is 1. The zero-order valence-electron chi connectivity index (χ0n) is 11.0. The molecule has 1 aromatic carbocycles. The summed E-state index contributed by atoms with van der Waals surface area (Å²) in [4.78, 5) is 19.2. The maximum absolute atomic E-state index is 11.9. The molecule has 0 bridgehead atoms. The molecule has 1 amide bonds. The average Bonchev–Trinajstić information content (AvgIpc) is 3.04. The van der Waals surface area contributed by atoms with Gasteiger partial charge in [-0.2, -0.15) is 0 Å². The van der Waals surface area contributed by atoms with Crippen LogP contribution in [0.2, 0.25) is 0 Å². The van der Waals surface area contributed by atoms with Crippen molar-refractivity contribution < 1.29 is 4.79 Å². The number of aromatic nitrogens is 3. The quantitative estimate of drug-likeness (QED) is 0.725. The molecule has 0 radical (unpaired) electrons.